The zero-order chi connectivity index (χ0) is 14.8. The molecule has 20 heavy (non-hydrogen) atoms. The number of rotatable bonds is 4. The van der Waals surface area contributed by atoms with Crippen molar-refractivity contribution in [2.45, 2.75) is 32.1 Å². The number of nitrogens with one attached hydrogen (secondary N) is 1. The fraction of sp³-hybridized carbons (Fsp3) is 0.571. The molecule has 0 amide bonds. The monoisotopic (exact) mass is 291 g/mol. The Hall–Kier alpha value is -1.14. The smallest absolute Gasteiger partial charge is 0.381 e. The molecule has 1 saturated heterocycles. The van der Waals surface area contributed by atoms with Crippen LogP contribution in [0.5, 0.6) is 0 Å². The number of ether oxygens (including phenoxy) is 1. The molecule has 0 bridgehead atoms. The van der Waals surface area contributed by atoms with Crippen molar-refractivity contribution in [3.63, 3.8) is 0 Å². The molecule has 0 spiro atoms. The van der Waals surface area contributed by atoms with E-state index in [1.807, 2.05) is 6.92 Å². The lowest BCUT2D eigenvalue weighted by Gasteiger charge is -2.19. The Morgan fingerprint density at radius 3 is 2.75 bits per heavy atom. The molecule has 0 radical (unpaired) electrons. The largest absolute Gasteiger partial charge is 0.419 e. The quantitative estimate of drug-likeness (QED) is 0.859. The Balaban J connectivity index is 1.99. The SMILES string of the molecule is CC(NCc1ccc(F)c(C(F)(F)F)c1)C1CCOC1. The zero-order valence-electron chi connectivity index (χ0n) is 11.1. The number of alkyl halides is 3. The predicted octanol–water partition coefficient (Wildman–Crippen LogP) is 3.36. The van der Waals surface area contributed by atoms with Gasteiger partial charge in [-0.25, -0.2) is 4.39 Å². The summed E-state index contributed by atoms with van der Waals surface area (Å²) in [6.45, 7) is 3.66. The van der Waals surface area contributed by atoms with Gasteiger partial charge < -0.3 is 10.1 Å². The minimum atomic E-state index is -4.66. The van der Waals surface area contributed by atoms with Gasteiger partial charge in [-0.15, -0.1) is 0 Å². The van der Waals surface area contributed by atoms with Crippen molar-refractivity contribution < 1.29 is 22.3 Å². The third kappa shape index (κ3) is 3.70. The summed E-state index contributed by atoms with van der Waals surface area (Å²) in [6.07, 6.45) is -3.71. The molecule has 112 valence electrons. The summed E-state index contributed by atoms with van der Waals surface area (Å²) >= 11 is 0. The number of benzene rings is 1. The van der Waals surface area contributed by atoms with Crippen LogP contribution < -0.4 is 5.32 Å². The predicted molar refractivity (Wildman–Crippen MR) is 66.6 cm³/mol. The van der Waals surface area contributed by atoms with Gasteiger partial charge in [0.1, 0.15) is 5.82 Å². The first kappa shape index (κ1) is 15.3. The lowest BCUT2D eigenvalue weighted by atomic mass is 10.0. The van der Waals surface area contributed by atoms with Gasteiger partial charge in [-0.2, -0.15) is 13.2 Å². The van der Waals surface area contributed by atoms with E-state index in [2.05, 4.69) is 5.32 Å². The van der Waals surface area contributed by atoms with Gasteiger partial charge in [0.25, 0.3) is 0 Å². The maximum Gasteiger partial charge on any atom is 0.419 e. The summed E-state index contributed by atoms with van der Waals surface area (Å²) in [4.78, 5) is 0. The second-order valence-electron chi connectivity index (χ2n) is 5.11. The first-order valence-electron chi connectivity index (χ1n) is 6.54. The molecule has 2 unspecified atom stereocenters. The van der Waals surface area contributed by atoms with Crippen molar-refractivity contribution >= 4 is 0 Å². The molecule has 0 aromatic heterocycles. The van der Waals surface area contributed by atoms with E-state index >= 15 is 0 Å². The van der Waals surface area contributed by atoms with E-state index in [9.17, 15) is 17.6 Å². The molecule has 1 N–H and O–H groups in total. The summed E-state index contributed by atoms with van der Waals surface area (Å²) in [5.41, 5.74) is -0.793. The van der Waals surface area contributed by atoms with Crippen molar-refractivity contribution in [1.82, 2.24) is 5.32 Å². The maximum absolute atomic E-state index is 13.2. The van der Waals surface area contributed by atoms with Crippen LogP contribution in [0.4, 0.5) is 17.6 Å². The van der Waals surface area contributed by atoms with Gasteiger partial charge in [0.15, 0.2) is 0 Å². The van der Waals surface area contributed by atoms with Crippen LogP contribution in [-0.2, 0) is 17.5 Å². The molecule has 2 nitrogen and oxygen atoms in total. The Morgan fingerprint density at radius 2 is 2.15 bits per heavy atom. The van der Waals surface area contributed by atoms with Crippen LogP contribution in [-0.4, -0.2) is 19.3 Å². The lowest BCUT2D eigenvalue weighted by Crippen LogP contribution is -2.33. The van der Waals surface area contributed by atoms with Crippen LogP contribution >= 0.6 is 0 Å². The van der Waals surface area contributed by atoms with Gasteiger partial charge >= 0.3 is 6.18 Å². The van der Waals surface area contributed by atoms with Gasteiger partial charge in [0, 0.05) is 19.2 Å². The van der Waals surface area contributed by atoms with Crippen LogP contribution in [0, 0.1) is 11.7 Å². The topological polar surface area (TPSA) is 21.3 Å². The second kappa shape index (κ2) is 6.10. The molecular formula is C14H17F4NO. The third-order valence-electron chi connectivity index (χ3n) is 3.64. The summed E-state index contributed by atoms with van der Waals surface area (Å²) in [7, 11) is 0. The molecule has 2 rings (SSSR count). The number of hydrogen-bond acceptors (Lipinski definition) is 2. The fourth-order valence-electron chi connectivity index (χ4n) is 2.29. The molecule has 1 aliphatic heterocycles. The van der Waals surface area contributed by atoms with Gasteiger partial charge in [-0.1, -0.05) is 6.07 Å². The highest BCUT2D eigenvalue weighted by atomic mass is 19.4. The van der Waals surface area contributed by atoms with E-state index < -0.39 is 17.6 Å². The van der Waals surface area contributed by atoms with Crippen molar-refractivity contribution in [1.29, 1.82) is 0 Å². The molecule has 1 aromatic carbocycles. The molecular weight excluding hydrogens is 274 g/mol. The standard InChI is InChI=1S/C14H17F4NO/c1-9(11-4-5-20-8-11)19-7-10-2-3-13(15)12(6-10)14(16,17)18/h2-3,6,9,11,19H,4-5,7-8H2,1H3. The lowest BCUT2D eigenvalue weighted by molar-refractivity contribution is -0.140. The Bertz CT molecular complexity index is 455. The number of halogens is 4. The molecule has 1 fully saturated rings. The Morgan fingerprint density at radius 1 is 1.40 bits per heavy atom. The molecule has 2 atom stereocenters. The summed E-state index contributed by atoms with van der Waals surface area (Å²) < 4.78 is 56.2. The van der Waals surface area contributed by atoms with E-state index in [1.54, 1.807) is 0 Å². The summed E-state index contributed by atoms with van der Waals surface area (Å²) in [5, 5.41) is 3.17. The minimum Gasteiger partial charge on any atom is -0.381 e. The van der Waals surface area contributed by atoms with Crippen molar-refractivity contribution in [2.24, 2.45) is 5.92 Å². The fourth-order valence-corrected chi connectivity index (χ4v) is 2.29. The molecule has 1 aromatic rings. The van der Waals surface area contributed by atoms with E-state index in [0.29, 0.717) is 18.1 Å². The van der Waals surface area contributed by atoms with Crippen molar-refractivity contribution in [3.8, 4) is 0 Å². The van der Waals surface area contributed by atoms with Crippen molar-refractivity contribution in [2.75, 3.05) is 13.2 Å². The second-order valence-corrected chi connectivity index (χ2v) is 5.11. The minimum absolute atomic E-state index is 0.150. The normalized spacial score (nSPS) is 21.1. The average Bonchev–Trinajstić information content (AvgIpc) is 2.90. The van der Waals surface area contributed by atoms with Gasteiger partial charge in [-0.05, 0) is 37.0 Å². The van der Waals surface area contributed by atoms with Crippen LogP contribution in [0.1, 0.15) is 24.5 Å². The summed E-state index contributed by atoms with van der Waals surface area (Å²) in [6, 6.07) is 3.25. The van der Waals surface area contributed by atoms with E-state index in [4.69, 9.17) is 4.74 Å². The molecule has 0 saturated carbocycles. The Kier molecular flexibility index (Phi) is 4.65. The van der Waals surface area contributed by atoms with E-state index in [-0.39, 0.29) is 12.6 Å². The molecule has 6 heteroatoms. The molecule has 1 aliphatic rings. The number of hydrogen-bond donors (Lipinski definition) is 1. The first-order chi connectivity index (χ1) is 9.38. The Labute approximate surface area is 115 Å². The van der Waals surface area contributed by atoms with Gasteiger partial charge in [-0.3, -0.25) is 0 Å². The van der Waals surface area contributed by atoms with Crippen LogP contribution in [0.3, 0.4) is 0 Å². The average molecular weight is 291 g/mol. The highest BCUT2D eigenvalue weighted by Gasteiger charge is 2.34. The maximum atomic E-state index is 13.2. The zero-order valence-corrected chi connectivity index (χ0v) is 11.1. The van der Waals surface area contributed by atoms with E-state index in [1.165, 1.54) is 6.07 Å². The van der Waals surface area contributed by atoms with Crippen molar-refractivity contribution in [3.05, 3.63) is 35.1 Å². The highest BCUT2D eigenvalue weighted by Crippen LogP contribution is 2.31. The van der Waals surface area contributed by atoms with Crippen LogP contribution in [0.2, 0.25) is 0 Å². The molecule has 0 aliphatic carbocycles. The van der Waals surface area contributed by atoms with Gasteiger partial charge in [0.05, 0.1) is 12.2 Å². The third-order valence-corrected chi connectivity index (χ3v) is 3.64. The molecule has 1 heterocycles. The van der Waals surface area contributed by atoms with Crippen LogP contribution in [0.25, 0.3) is 0 Å². The van der Waals surface area contributed by atoms with Gasteiger partial charge in [0.2, 0.25) is 0 Å². The first-order valence-corrected chi connectivity index (χ1v) is 6.54. The van der Waals surface area contributed by atoms with Crippen LogP contribution in [0.15, 0.2) is 18.2 Å². The van der Waals surface area contributed by atoms with E-state index in [0.717, 1.165) is 25.2 Å². The highest BCUT2D eigenvalue weighted by molar-refractivity contribution is 5.27. The summed E-state index contributed by atoms with van der Waals surface area (Å²) in [5.74, 6) is -0.865.